The van der Waals surface area contributed by atoms with Crippen LogP contribution in [0.15, 0.2) is 29.4 Å². The van der Waals surface area contributed by atoms with E-state index in [0.29, 0.717) is 11.2 Å². The molecule has 0 radical (unpaired) electrons. The normalized spacial score (nSPS) is 11.4. The molecular weight excluding hydrogens is 375 g/mol. The lowest BCUT2D eigenvalue weighted by Crippen LogP contribution is -2.32. The molecule has 1 aromatic carbocycles. The van der Waals surface area contributed by atoms with E-state index in [1.54, 1.807) is 18.3 Å². The average molecular weight is 404 g/mol. The third-order valence-electron chi connectivity index (χ3n) is 4.37. The van der Waals surface area contributed by atoms with Gasteiger partial charge in [-0.1, -0.05) is 39.8 Å². The molecule has 7 nitrogen and oxygen atoms in total. The van der Waals surface area contributed by atoms with Gasteiger partial charge in [-0.25, -0.2) is 4.79 Å². The Kier molecular flexibility index (Phi) is 7.57. The van der Waals surface area contributed by atoms with Crippen LogP contribution >= 0.6 is 11.9 Å². The number of nitrogens with zero attached hydrogens (tertiary/aromatic N) is 2. The van der Waals surface area contributed by atoms with Crippen molar-refractivity contribution >= 4 is 36.2 Å². The monoisotopic (exact) mass is 404 g/mol. The largest absolute Gasteiger partial charge is 0.488 e. The zero-order valence-corrected chi connectivity index (χ0v) is 18.0. The van der Waals surface area contributed by atoms with E-state index in [2.05, 4.69) is 15.1 Å². The molecule has 0 aliphatic carbocycles. The minimum Gasteiger partial charge on any atom is -0.423 e. The van der Waals surface area contributed by atoms with Gasteiger partial charge in [-0.2, -0.15) is 5.10 Å². The molecule has 0 atom stereocenters. The van der Waals surface area contributed by atoms with Crippen LogP contribution < -0.4 is 15.5 Å². The minimum atomic E-state index is -1.55. The molecule has 1 aromatic heterocycles. The SMILES string of the molecule is CC(C)c1cc(B(O)O)cc(C(C)C)c1NC(=O)NSc1cnn(C(C)C)c1. The van der Waals surface area contributed by atoms with E-state index in [1.165, 1.54) is 11.9 Å². The third-order valence-corrected chi connectivity index (χ3v) is 5.10. The van der Waals surface area contributed by atoms with E-state index < -0.39 is 7.12 Å². The lowest BCUT2D eigenvalue weighted by Gasteiger charge is -2.22. The highest BCUT2D eigenvalue weighted by Gasteiger charge is 2.22. The van der Waals surface area contributed by atoms with Crippen molar-refractivity contribution in [2.24, 2.45) is 0 Å². The summed E-state index contributed by atoms with van der Waals surface area (Å²) in [7, 11) is -1.55. The lowest BCUT2D eigenvalue weighted by molar-refractivity contribution is 0.257. The van der Waals surface area contributed by atoms with Gasteiger partial charge >= 0.3 is 13.1 Å². The van der Waals surface area contributed by atoms with Crippen LogP contribution in [-0.4, -0.2) is 33.0 Å². The molecule has 0 spiro atoms. The van der Waals surface area contributed by atoms with Crippen LogP contribution in [-0.2, 0) is 0 Å². The Morgan fingerprint density at radius 1 is 1.11 bits per heavy atom. The van der Waals surface area contributed by atoms with Crippen LogP contribution in [0.25, 0.3) is 0 Å². The number of anilines is 1. The lowest BCUT2D eigenvalue weighted by atomic mass is 9.76. The second-order valence-corrected chi connectivity index (χ2v) is 8.55. The topological polar surface area (TPSA) is 99.4 Å². The molecule has 0 saturated carbocycles. The summed E-state index contributed by atoms with van der Waals surface area (Å²) >= 11 is 1.20. The van der Waals surface area contributed by atoms with Crippen LogP contribution in [0.3, 0.4) is 0 Å². The number of urea groups is 1. The van der Waals surface area contributed by atoms with Crippen molar-refractivity contribution in [3.8, 4) is 0 Å². The molecule has 2 rings (SSSR count). The Bertz CT molecular complexity index is 792. The first-order chi connectivity index (χ1) is 13.1. The molecule has 2 amide bonds. The van der Waals surface area contributed by atoms with Crippen molar-refractivity contribution in [2.75, 3.05) is 5.32 Å². The Morgan fingerprint density at radius 3 is 2.11 bits per heavy atom. The van der Waals surface area contributed by atoms with Crippen LogP contribution in [0, 0.1) is 0 Å². The highest BCUT2D eigenvalue weighted by Crippen LogP contribution is 2.32. The fraction of sp³-hybridized carbons (Fsp3) is 0.474. The summed E-state index contributed by atoms with van der Waals surface area (Å²) in [6, 6.07) is 3.38. The average Bonchev–Trinajstić information content (AvgIpc) is 3.08. The first-order valence-electron chi connectivity index (χ1n) is 9.42. The van der Waals surface area contributed by atoms with Gasteiger partial charge in [-0.05, 0) is 54.2 Å². The van der Waals surface area contributed by atoms with Crippen LogP contribution in [0.5, 0.6) is 0 Å². The maximum absolute atomic E-state index is 12.5. The molecule has 0 unspecified atom stereocenters. The standard InChI is InChI=1S/C19H29BN4O3S/c1-11(2)16-7-14(20(26)27)8-17(12(3)4)18(16)22-19(25)23-28-15-9-21-24(10-15)13(5)6/h7-13,26-27H,1-6H3,(H2,22,23,25). The Morgan fingerprint density at radius 2 is 1.68 bits per heavy atom. The minimum absolute atomic E-state index is 0.100. The third kappa shape index (κ3) is 5.53. The Hall–Kier alpha value is -1.97. The van der Waals surface area contributed by atoms with E-state index >= 15 is 0 Å². The molecule has 2 aromatic rings. The highest BCUT2D eigenvalue weighted by atomic mass is 32.2. The Balaban J connectivity index is 2.21. The number of carbonyl (C=O) groups is 1. The van der Waals surface area contributed by atoms with Crippen LogP contribution in [0.1, 0.15) is 70.5 Å². The maximum Gasteiger partial charge on any atom is 0.488 e. The van der Waals surface area contributed by atoms with Gasteiger partial charge in [-0.15, -0.1) is 0 Å². The van der Waals surface area contributed by atoms with Crippen molar-refractivity contribution < 1.29 is 14.8 Å². The first kappa shape index (κ1) is 22.3. The smallest absolute Gasteiger partial charge is 0.423 e. The highest BCUT2D eigenvalue weighted by molar-refractivity contribution is 7.98. The number of hydrogen-bond acceptors (Lipinski definition) is 5. The van der Waals surface area contributed by atoms with E-state index in [0.717, 1.165) is 16.0 Å². The van der Waals surface area contributed by atoms with Crippen LogP contribution in [0.4, 0.5) is 10.5 Å². The van der Waals surface area contributed by atoms with Crippen molar-refractivity contribution in [3.63, 3.8) is 0 Å². The zero-order valence-electron chi connectivity index (χ0n) is 17.2. The van der Waals surface area contributed by atoms with Crippen molar-refractivity contribution in [1.82, 2.24) is 14.5 Å². The van der Waals surface area contributed by atoms with Gasteiger partial charge in [-0.3, -0.25) is 9.40 Å². The molecule has 0 bridgehead atoms. The maximum atomic E-state index is 12.5. The first-order valence-corrected chi connectivity index (χ1v) is 10.2. The molecule has 0 saturated heterocycles. The number of hydrogen-bond donors (Lipinski definition) is 4. The second-order valence-electron chi connectivity index (χ2n) is 7.67. The van der Waals surface area contributed by atoms with Gasteiger partial charge in [0.15, 0.2) is 0 Å². The molecule has 4 N–H and O–H groups in total. The number of amides is 2. The van der Waals surface area contributed by atoms with E-state index in [-0.39, 0.29) is 23.9 Å². The summed E-state index contributed by atoms with van der Waals surface area (Å²) in [6.07, 6.45) is 3.59. The zero-order chi connectivity index (χ0) is 21.0. The molecule has 0 fully saturated rings. The summed E-state index contributed by atoms with van der Waals surface area (Å²) in [6.45, 7) is 12.1. The predicted molar refractivity (Wildman–Crippen MR) is 115 cm³/mol. The van der Waals surface area contributed by atoms with Crippen molar-refractivity contribution in [3.05, 3.63) is 35.7 Å². The van der Waals surface area contributed by atoms with Gasteiger partial charge in [0.05, 0.1) is 11.1 Å². The fourth-order valence-corrected chi connectivity index (χ4v) is 3.34. The van der Waals surface area contributed by atoms with Crippen LogP contribution in [0.2, 0.25) is 0 Å². The molecule has 1 heterocycles. The molecule has 28 heavy (non-hydrogen) atoms. The van der Waals surface area contributed by atoms with E-state index in [1.807, 2.05) is 52.4 Å². The van der Waals surface area contributed by atoms with E-state index in [4.69, 9.17) is 0 Å². The van der Waals surface area contributed by atoms with Crippen molar-refractivity contribution in [2.45, 2.75) is 64.3 Å². The van der Waals surface area contributed by atoms with Crippen molar-refractivity contribution in [1.29, 1.82) is 0 Å². The van der Waals surface area contributed by atoms with Gasteiger partial charge in [0.2, 0.25) is 0 Å². The quantitative estimate of drug-likeness (QED) is 0.420. The summed E-state index contributed by atoms with van der Waals surface area (Å²) in [5, 5.41) is 26.4. The molecule has 9 heteroatoms. The number of aromatic nitrogens is 2. The Labute approximate surface area is 171 Å². The van der Waals surface area contributed by atoms with Gasteiger partial charge in [0, 0.05) is 17.9 Å². The molecule has 152 valence electrons. The van der Waals surface area contributed by atoms with Gasteiger partial charge < -0.3 is 15.4 Å². The number of carbonyl (C=O) groups excluding carboxylic acids is 1. The number of benzene rings is 1. The summed E-state index contributed by atoms with van der Waals surface area (Å²) in [4.78, 5) is 13.4. The van der Waals surface area contributed by atoms with Gasteiger partial charge in [0.1, 0.15) is 0 Å². The summed E-state index contributed by atoms with van der Waals surface area (Å²) in [5.74, 6) is 0.201. The van der Waals surface area contributed by atoms with E-state index in [9.17, 15) is 14.8 Å². The summed E-state index contributed by atoms with van der Waals surface area (Å²) in [5.41, 5.74) is 2.86. The predicted octanol–water partition coefficient (Wildman–Crippen LogP) is 3.22. The molecule has 0 aliphatic heterocycles. The molecule has 0 aliphatic rings. The number of rotatable bonds is 7. The van der Waals surface area contributed by atoms with Gasteiger partial charge in [0.25, 0.3) is 0 Å². The fourth-order valence-electron chi connectivity index (χ4n) is 2.82. The molecular formula is C19H29BN4O3S. The number of nitrogens with one attached hydrogen (secondary N) is 2. The summed E-state index contributed by atoms with van der Waals surface area (Å²) < 4.78 is 4.61. The second kappa shape index (κ2) is 9.49.